The van der Waals surface area contributed by atoms with Gasteiger partial charge in [-0.05, 0) is 73.4 Å². The van der Waals surface area contributed by atoms with Crippen LogP contribution in [0.15, 0.2) is 102 Å². The number of halogens is 3. The van der Waals surface area contributed by atoms with E-state index < -0.39 is 28.5 Å². The number of aryl methyl sites for hydroxylation is 1. The molecule has 0 aliphatic heterocycles. The largest absolute Gasteiger partial charge is 0.352 e. The van der Waals surface area contributed by atoms with Gasteiger partial charge in [0.15, 0.2) is 0 Å². The minimum Gasteiger partial charge on any atom is -0.352 e. The van der Waals surface area contributed by atoms with Gasteiger partial charge < -0.3 is 10.2 Å². The van der Waals surface area contributed by atoms with Crippen LogP contribution in [-0.4, -0.2) is 43.8 Å². The van der Waals surface area contributed by atoms with Crippen LogP contribution in [0.5, 0.6) is 0 Å². The highest BCUT2D eigenvalue weighted by Gasteiger charge is 2.35. The molecule has 11 heteroatoms. The summed E-state index contributed by atoms with van der Waals surface area (Å²) < 4.78 is 29.5. The van der Waals surface area contributed by atoms with Crippen molar-refractivity contribution < 1.29 is 18.0 Å². The minimum atomic E-state index is -4.29. The van der Waals surface area contributed by atoms with E-state index >= 15 is 0 Å². The van der Waals surface area contributed by atoms with E-state index in [1.54, 1.807) is 36.4 Å². The first-order valence-electron chi connectivity index (χ1n) is 15.9. The number of nitrogens with zero attached hydrogens (tertiary/aromatic N) is 2. The van der Waals surface area contributed by atoms with Crippen molar-refractivity contribution >= 4 is 62.3 Å². The van der Waals surface area contributed by atoms with Crippen molar-refractivity contribution in [1.29, 1.82) is 0 Å². The molecule has 252 valence electrons. The third-order valence-corrected chi connectivity index (χ3v) is 11.0. The Kier molecular flexibility index (Phi) is 12.1. The molecule has 0 bridgehead atoms. The maximum absolute atomic E-state index is 14.7. The maximum Gasteiger partial charge on any atom is 0.264 e. The highest BCUT2D eigenvalue weighted by Crippen LogP contribution is 2.31. The summed E-state index contributed by atoms with van der Waals surface area (Å²) in [6.45, 7) is 1.29. The maximum atomic E-state index is 14.7. The van der Waals surface area contributed by atoms with Crippen LogP contribution in [0.1, 0.15) is 48.8 Å². The van der Waals surface area contributed by atoms with E-state index in [0.29, 0.717) is 5.02 Å². The average Bonchev–Trinajstić information content (AvgIpc) is 3.06. The molecular formula is C37H38Cl3N3O4S. The molecule has 1 fully saturated rings. The molecule has 0 aromatic heterocycles. The number of carbonyl (C=O) groups is 2. The summed E-state index contributed by atoms with van der Waals surface area (Å²) in [5.74, 6) is -0.858. The zero-order valence-corrected chi connectivity index (χ0v) is 29.7. The number of hydrogen-bond donors (Lipinski definition) is 1. The van der Waals surface area contributed by atoms with Crippen LogP contribution in [0, 0.1) is 6.92 Å². The second-order valence-electron chi connectivity index (χ2n) is 12.1. The van der Waals surface area contributed by atoms with Crippen LogP contribution in [0.4, 0.5) is 5.69 Å². The van der Waals surface area contributed by atoms with Gasteiger partial charge in [0.2, 0.25) is 11.8 Å². The van der Waals surface area contributed by atoms with E-state index in [1.807, 2.05) is 37.3 Å². The summed E-state index contributed by atoms with van der Waals surface area (Å²) in [6, 6.07) is 26.3. The molecule has 0 heterocycles. The fourth-order valence-corrected chi connectivity index (χ4v) is 7.97. The number of carbonyl (C=O) groups excluding carboxylic acids is 2. The van der Waals surface area contributed by atoms with Crippen LogP contribution in [0.25, 0.3) is 0 Å². The summed E-state index contributed by atoms with van der Waals surface area (Å²) >= 11 is 18.9. The van der Waals surface area contributed by atoms with Crippen molar-refractivity contribution in [2.75, 3.05) is 10.8 Å². The van der Waals surface area contributed by atoms with Crippen LogP contribution in [-0.2, 0) is 32.6 Å². The molecule has 1 unspecified atom stereocenters. The van der Waals surface area contributed by atoms with E-state index in [2.05, 4.69) is 5.32 Å². The predicted octanol–water partition coefficient (Wildman–Crippen LogP) is 8.24. The van der Waals surface area contributed by atoms with Crippen LogP contribution in [0.3, 0.4) is 0 Å². The lowest BCUT2D eigenvalue weighted by Gasteiger charge is -2.35. The van der Waals surface area contributed by atoms with E-state index in [0.717, 1.165) is 53.1 Å². The molecule has 5 rings (SSSR count). The van der Waals surface area contributed by atoms with Crippen LogP contribution >= 0.6 is 34.8 Å². The van der Waals surface area contributed by atoms with Gasteiger partial charge in [-0.2, -0.15) is 0 Å². The highest BCUT2D eigenvalue weighted by molar-refractivity contribution is 7.92. The average molecular weight is 727 g/mol. The van der Waals surface area contributed by atoms with Gasteiger partial charge in [0.25, 0.3) is 10.0 Å². The second-order valence-corrected chi connectivity index (χ2v) is 15.3. The molecule has 1 aliphatic rings. The Labute approximate surface area is 297 Å². The van der Waals surface area contributed by atoms with Gasteiger partial charge >= 0.3 is 0 Å². The van der Waals surface area contributed by atoms with Crippen molar-refractivity contribution in [2.45, 2.75) is 69.0 Å². The Hall–Kier alpha value is -3.56. The van der Waals surface area contributed by atoms with E-state index in [1.165, 1.54) is 35.2 Å². The van der Waals surface area contributed by atoms with Gasteiger partial charge in [-0.3, -0.25) is 13.9 Å². The molecule has 2 amide bonds. The number of anilines is 1. The topological polar surface area (TPSA) is 86.8 Å². The van der Waals surface area contributed by atoms with Crippen LogP contribution in [0.2, 0.25) is 15.1 Å². The van der Waals surface area contributed by atoms with E-state index in [-0.39, 0.29) is 45.5 Å². The zero-order chi connectivity index (χ0) is 34.3. The normalized spacial score (nSPS) is 14.2. The third kappa shape index (κ3) is 9.32. The lowest BCUT2D eigenvalue weighted by Crippen LogP contribution is -2.55. The monoisotopic (exact) mass is 725 g/mol. The van der Waals surface area contributed by atoms with Gasteiger partial charge in [-0.1, -0.05) is 114 Å². The molecular weight excluding hydrogens is 689 g/mol. The Morgan fingerprint density at radius 3 is 2.04 bits per heavy atom. The third-order valence-electron chi connectivity index (χ3n) is 8.51. The van der Waals surface area contributed by atoms with Crippen LogP contribution < -0.4 is 9.62 Å². The summed E-state index contributed by atoms with van der Waals surface area (Å²) in [5, 5.41) is 4.16. The van der Waals surface area contributed by atoms with Crippen molar-refractivity contribution in [2.24, 2.45) is 0 Å². The van der Waals surface area contributed by atoms with Gasteiger partial charge in [0, 0.05) is 34.1 Å². The molecule has 1 saturated carbocycles. The fourth-order valence-electron chi connectivity index (χ4n) is 5.93. The Morgan fingerprint density at radius 2 is 1.42 bits per heavy atom. The first kappa shape index (κ1) is 35.7. The molecule has 4 aromatic carbocycles. The number of hydrogen-bond acceptors (Lipinski definition) is 4. The summed E-state index contributed by atoms with van der Waals surface area (Å²) in [6.07, 6.45) is 5.14. The lowest BCUT2D eigenvalue weighted by molar-refractivity contribution is -0.140. The quantitative estimate of drug-likeness (QED) is 0.159. The molecule has 1 aliphatic carbocycles. The zero-order valence-electron chi connectivity index (χ0n) is 26.6. The molecule has 1 atom stereocenters. The molecule has 48 heavy (non-hydrogen) atoms. The standard InChI is InChI=1S/C37H38Cl3N3O4S/c1-26-12-18-34(19-13-26)48(46,47)43(33-22-30(39)21-31(40)23-33)25-36(44)42(24-28-14-16-29(38)17-15-28)35(20-27-8-4-2-5-9-27)37(45)41-32-10-6-3-7-11-32/h2,4-5,8-9,12-19,21-23,32,35H,3,6-7,10-11,20,24-25H2,1H3,(H,41,45). The lowest BCUT2D eigenvalue weighted by atomic mass is 9.94. The second kappa shape index (κ2) is 16.2. The molecule has 7 nitrogen and oxygen atoms in total. The molecule has 0 saturated heterocycles. The van der Waals surface area contributed by atoms with Gasteiger partial charge in [0.1, 0.15) is 12.6 Å². The smallest absolute Gasteiger partial charge is 0.264 e. The highest BCUT2D eigenvalue weighted by atomic mass is 35.5. The summed E-state index contributed by atoms with van der Waals surface area (Å²) in [5.41, 5.74) is 2.60. The van der Waals surface area contributed by atoms with Gasteiger partial charge in [0.05, 0.1) is 10.6 Å². The molecule has 0 radical (unpaired) electrons. The van der Waals surface area contributed by atoms with Crippen molar-refractivity contribution in [3.05, 3.63) is 129 Å². The van der Waals surface area contributed by atoms with Crippen molar-refractivity contribution in [3.63, 3.8) is 0 Å². The Morgan fingerprint density at radius 1 is 0.792 bits per heavy atom. The van der Waals surface area contributed by atoms with Crippen molar-refractivity contribution in [3.8, 4) is 0 Å². The van der Waals surface area contributed by atoms with E-state index in [9.17, 15) is 18.0 Å². The fraction of sp³-hybridized carbons (Fsp3) is 0.297. The number of amides is 2. The summed E-state index contributed by atoms with van der Waals surface area (Å²) in [4.78, 5) is 30.4. The number of rotatable bonds is 12. The SMILES string of the molecule is Cc1ccc(S(=O)(=O)N(CC(=O)N(Cc2ccc(Cl)cc2)C(Cc2ccccc2)C(=O)NC2CCCCC2)c2cc(Cl)cc(Cl)c2)cc1. The minimum absolute atomic E-state index is 0.00266. The molecule has 4 aromatic rings. The first-order valence-corrected chi connectivity index (χ1v) is 18.5. The number of nitrogens with one attached hydrogen (secondary N) is 1. The molecule has 1 N–H and O–H groups in total. The summed E-state index contributed by atoms with van der Waals surface area (Å²) in [7, 11) is -4.29. The first-order chi connectivity index (χ1) is 23.0. The van der Waals surface area contributed by atoms with Crippen molar-refractivity contribution in [1.82, 2.24) is 10.2 Å². The molecule has 0 spiro atoms. The number of benzene rings is 4. The Balaban J connectivity index is 1.58. The van der Waals surface area contributed by atoms with E-state index in [4.69, 9.17) is 34.8 Å². The Bertz CT molecular complexity index is 1800. The predicted molar refractivity (Wildman–Crippen MR) is 193 cm³/mol. The van der Waals surface area contributed by atoms with Gasteiger partial charge in [-0.25, -0.2) is 8.42 Å². The number of sulfonamides is 1. The van der Waals surface area contributed by atoms with Gasteiger partial charge in [-0.15, -0.1) is 0 Å².